The Balaban J connectivity index is 2.09. The summed E-state index contributed by atoms with van der Waals surface area (Å²) in [6, 6.07) is 8.11. The molecule has 3 heteroatoms. The summed E-state index contributed by atoms with van der Waals surface area (Å²) >= 11 is 5.93. The zero-order chi connectivity index (χ0) is 14.1. The quantitative estimate of drug-likeness (QED) is 0.912. The Hall–Kier alpha value is -0.570. The van der Waals surface area contributed by atoms with Gasteiger partial charge in [0.15, 0.2) is 0 Å². The average molecular weight is 281 g/mol. The maximum atomic E-state index is 6.11. The largest absolute Gasteiger partial charge is 0.329 e. The first-order valence-corrected chi connectivity index (χ1v) is 7.40. The first kappa shape index (κ1) is 14.8. The van der Waals surface area contributed by atoms with Crippen LogP contribution in [0.25, 0.3) is 0 Å². The Labute approximate surface area is 121 Å². The zero-order valence-corrected chi connectivity index (χ0v) is 13.0. The fraction of sp³-hybridized carbons (Fsp3) is 0.625. The molecule has 0 spiro atoms. The van der Waals surface area contributed by atoms with Crippen LogP contribution in [0, 0.1) is 5.41 Å². The van der Waals surface area contributed by atoms with Crippen LogP contribution in [0.5, 0.6) is 0 Å². The lowest BCUT2D eigenvalue weighted by molar-refractivity contribution is 0.111. The molecule has 19 heavy (non-hydrogen) atoms. The van der Waals surface area contributed by atoms with Crippen molar-refractivity contribution >= 4 is 11.6 Å². The van der Waals surface area contributed by atoms with E-state index in [1.165, 1.54) is 24.8 Å². The number of likely N-dealkylation sites (N-methyl/N-ethyl adjacent to an activating group) is 1. The van der Waals surface area contributed by atoms with E-state index in [0.29, 0.717) is 5.41 Å². The van der Waals surface area contributed by atoms with Gasteiger partial charge in [0.1, 0.15) is 0 Å². The molecule has 0 heterocycles. The van der Waals surface area contributed by atoms with Gasteiger partial charge in [-0.3, -0.25) is 4.90 Å². The van der Waals surface area contributed by atoms with Gasteiger partial charge in [0, 0.05) is 23.7 Å². The van der Waals surface area contributed by atoms with Gasteiger partial charge in [0.05, 0.1) is 0 Å². The molecule has 1 unspecified atom stereocenters. The maximum Gasteiger partial charge on any atom is 0.0406 e. The van der Waals surface area contributed by atoms with Gasteiger partial charge < -0.3 is 5.73 Å². The van der Waals surface area contributed by atoms with E-state index in [1.807, 2.05) is 12.1 Å². The minimum absolute atomic E-state index is 0.156. The lowest BCUT2D eigenvalue weighted by Gasteiger charge is -2.39. The van der Waals surface area contributed by atoms with Crippen LogP contribution < -0.4 is 5.73 Å². The van der Waals surface area contributed by atoms with Crippen LogP contribution in [0.3, 0.4) is 0 Å². The topological polar surface area (TPSA) is 29.3 Å². The highest BCUT2D eigenvalue weighted by molar-refractivity contribution is 6.30. The molecule has 1 aromatic rings. The third-order valence-electron chi connectivity index (χ3n) is 4.60. The van der Waals surface area contributed by atoms with Gasteiger partial charge >= 0.3 is 0 Å². The lowest BCUT2D eigenvalue weighted by atomic mass is 9.86. The van der Waals surface area contributed by atoms with Crippen molar-refractivity contribution in [1.29, 1.82) is 0 Å². The van der Waals surface area contributed by atoms with E-state index in [4.69, 9.17) is 17.3 Å². The third-order valence-corrected chi connectivity index (χ3v) is 4.85. The van der Waals surface area contributed by atoms with Crippen LogP contribution in [-0.2, 0) is 6.54 Å². The molecule has 1 aromatic carbocycles. The molecule has 0 radical (unpaired) electrons. The molecule has 0 aliphatic heterocycles. The Kier molecular flexibility index (Phi) is 4.24. The van der Waals surface area contributed by atoms with E-state index < -0.39 is 0 Å². The van der Waals surface area contributed by atoms with Crippen LogP contribution in [0.4, 0.5) is 0 Å². The fourth-order valence-corrected chi connectivity index (χ4v) is 3.45. The highest BCUT2D eigenvalue weighted by atomic mass is 35.5. The van der Waals surface area contributed by atoms with Crippen molar-refractivity contribution in [3.05, 3.63) is 34.9 Å². The van der Waals surface area contributed by atoms with Gasteiger partial charge in [0.2, 0.25) is 0 Å². The Morgan fingerprint density at radius 2 is 1.84 bits per heavy atom. The lowest BCUT2D eigenvalue weighted by Crippen LogP contribution is -2.50. The van der Waals surface area contributed by atoms with Crippen molar-refractivity contribution < 1.29 is 0 Å². The number of hydrogen-bond acceptors (Lipinski definition) is 2. The molecular weight excluding hydrogens is 256 g/mol. The number of hydrogen-bond donors (Lipinski definition) is 1. The molecule has 1 atom stereocenters. The van der Waals surface area contributed by atoms with Crippen molar-refractivity contribution in [2.24, 2.45) is 11.1 Å². The van der Waals surface area contributed by atoms with E-state index in [9.17, 15) is 0 Å². The predicted octanol–water partition coefficient (Wildman–Crippen LogP) is 3.68. The van der Waals surface area contributed by atoms with E-state index >= 15 is 0 Å². The summed E-state index contributed by atoms with van der Waals surface area (Å²) in [5.74, 6) is 0. The van der Waals surface area contributed by atoms with E-state index in [-0.39, 0.29) is 5.54 Å². The molecule has 0 bridgehead atoms. The van der Waals surface area contributed by atoms with Crippen molar-refractivity contribution in [1.82, 2.24) is 4.90 Å². The summed E-state index contributed by atoms with van der Waals surface area (Å²) in [6.07, 6.45) is 3.64. The van der Waals surface area contributed by atoms with Crippen molar-refractivity contribution in [2.45, 2.75) is 45.2 Å². The standard InChI is InChI=1S/C16H25ClN2/c1-15(2)8-9-16(11-15,12-18)19(3)10-13-4-6-14(17)7-5-13/h4-7H,8-12,18H2,1-3H3. The molecule has 106 valence electrons. The Bertz CT molecular complexity index is 427. The molecule has 1 aliphatic carbocycles. The smallest absolute Gasteiger partial charge is 0.0406 e. The highest BCUT2D eigenvalue weighted by Gasteiger charge is 2.44. The predicted molar refractivity (Wildman–Crippen MR) is 82.3 cm³/mol. The number of halogens is 1. The highest BCUT2D eigenvalue weighted by Crippen LogP contribution is 2.46. The Morgan fingerprint density at radius 3 is 2.32 bits per heavy atom. The molecule has 2 nitrogen and oxygen atoms in total. The summed E-state index contributed by atoms with van der Waals surface area (Å²) in [5, 5.41) is 0.793. The number of benzene rings is 1. The van der Waals surface area contributed by atoms with Crippen molar-refractivity contribution in [3.63, 3.8) is 0 Å². The second-order valence-electron chi connectivity index (χ2n) is 6.75. The zero-order valence-electron chi connectivity index (χ0n) is 12.2. The van der Waals surface area contributed by atoms with Crippen LogP contribution in [0.15, 0.2) is 24.3 Å². The maximum absolute atomic E-state index is 6.11. The molecule has 0 saturated heterocycles. The van der Waals surface area contributed by atoms with Gasteiger partial charge in [-0.15, -0.1) is 0 Å². The van der Waals surface area contributed by atoms with E-state index in [2.05, 4.69) is 37.9 Å². The Morgan fingerprint density at radius 1 is 1.21 bits per heavy atom. The average Bonchev–Trinajstić information content (AvgIpc) is 2.69. The van der Waals surface area contributed by atoms with E-state index in [0.717, 1.165) is 18.1 Å². The van der Waals surface area contributed by atoms with Gasteiger partial charge in [-0.2, -0.15) is 0 Å². The van der Waals surface area contributed by atoms with Crippen LogP contribution in [-0.4, -0.2) is 24.0 Å². The number of nitrogens with zero attached hydrogens (tertiary/aromatic N) is 1. The van der Waals surface area contributed by atoms with Gasteiger partial charge in [0.25, 0.3) is 0 Å². The summed E-state index contributed by atoms with van der Waals surface area (Å²) in [5.41, 5.74) is 7.97. The van der Waals surface area contributed by atoms with Crippen LogP contribution in [0.2, 0.25) is 5.02 Å². The van der Waals surface area contributed by atoms with Gasteiger partial charge in [-0.25, -0.2) is 0 Å². The normalized spacial score (nSPS) is 26.0. The molecule has 2 N–H and O–H groups in total. The van der Waals surface area contributed by atoms with E-state index in [1.54, 1.807) is 0 Å². The summed E-state index contributed by atoms with van der Waals surface area (Å²) in [6.45, 7) is 6.37. The molecule has 1 fully saturated rings. The van der Waals surface area contributed by atoms with Crippen LogP contribution in [0.1, 0.15) is 38.7 Å². The third kappa shape index (κ3) is 3.31. The first-order valence-electron chi connectivity index (χ1n) is 7.03. The molecular formula is C16H25ClN2. The monoisotopic (exact) mass is 280 g/mol. The number of rotatable bonds is 4. The number of nitrogens with two attached hydrogens (primary N) is 1. The van der Waals surface area contributed by atoms with Gasteiger partial charge in [-0.1, -0.05) is 37.6 Å². The van der Waals surface area contributed by atoms with Crippen molar-refractivity contribution in [3.8, 4) is 0 Å². The first-order chi connectivity index (χ1) is 8.87. The molecule has 1 aliphatic rings. The second-order valence-corrected chi connectivity index (χ2v) is 7.19. The second kappa shape index (κ2) is 5.43. The summed E-state index contributed by atoms with van der Waals surface area (Å²) in [4.78, 5) is 2.44. The molecule has 2 rings (SSSR count). The summed E-state index contributed by atoms with van der Waals surface area (Å²) < 4.78 is 0. The summed E-state index contributed by atoms with van der Waals surface area (Å²) in [7, 11) is 2.20. The fourth-order valence-electron chi connectivity index (χ4n) is 3.33. The SMILES string of the molecule is CN(Cc1ccc(Cl)cc1)C1(CN)CCC(C)(C)C1. The molecule has 0 amide bonds. The van der Waals surface area contributed by atoms with Gasteiger partial charge in [-0.05, 0) is 49.4 Å². The molecule has 1 saturated carbocycles. The molecule has 0 aromatic heterocycles. The minimum Gasteiger partial charge on any atom is -0.329 e. The van der Waals surface area contributed by atoms with Crippen molar-refractivity contribution in [2.75, 3.05) is 13.6 Å². The van der Waals surface area contributed by atoms with Crippen LogP contribution >= 0.6 is 11.6 Å². The minimum atomic E-state index is 0.156.